The molecule has 0 aromatic heterocycles. The van der Waals surface area contributed by atoms with Gasteiger partial charge < -0.3 is 10.2 Å². The largest absolute Gasteiger partial charge is 0.357 e. The number of amides is 2. The summed E-state index contributed by atoms with van der Waals surface area (Å²) in [5, 5.41) is 3.88. The topological polar surface area (TPSA) is 86.8 Å². The summed E-state index contributed by atoms with van der Waals surface area (Å²) in [5.74, 6) is -0.631. The van der Waals surface area contributed by atoms with Gasteiger partial charge in [-0.15, -0.1) is 0 Å². The van der Waals surface area contributed by atoms with E-state index in [1.54, 1.807) is 49.4 Å². The van der Waals surface area contributed by atoms with Gasteiger partial charge in [0.2, 0.25) is 21.8 Å². The van der Waals surface area contributed by atoms with Crippen LogP contribution in [-0.2, 0) is 26.2 Å². The number of nitrogens with zero attached hydrogens (tertiary/aromatic N) is 2. The van der Waals surface area contributed by atoms with E-state index in [-0.39, 0.29) is 37.7 Å². The van der Waals surface area contributed by atoms with Crippen LogP contribution in [0.2, 0.25) is 15.1 Å². The molecule has 0 aliphatic heterocycles. The van der Waals surface area contributed by atoms with Crippen LogP contribution in [0.25, 0.3) is 0 Å². The Morgan fingerprint density at radius 1 is 1.03 bits per heavy atom. The maximum Gasteiger partial charge on any atom is 0.242 e. The van der Waals surface area contributed by atoms with Crippen LogP contribution in [0.5, 0.6) is 0 Å². The van der Waals surface area contributed by atoms with E-state index in [2.05, 4.69) is 5.32 Å². The molecular weight excluding hydrogens is 509 g/mol. The third-order valence-corrected chi connectivity index (χ3v) is 7.07. The molecule has 0 unspecified atom stereocenters. The Kier molecular flexibility index (Phi) is 9.84. The first-order chi connectivity index (χ1) is 15.4. The molecule has 180 valence electrons. The summed E-state index contributed by atoms with van der Waals surface area (Å²) >= 11 is 18.1. The fraction of sp³-hybridized carbons (Fsp3) is 0.364. The number of likely N-dealkylation sites (N-methyl/N-ethyl adjacent to an activating group) is 1. The van der Waals surface area contributed by atoms with Crippen LogP contribution in [0.15, 0.2) is 42.5 Å². The number of nitrogens with one attached hydrogen (secondary N) is 1. The Balaban J connectivity index is 2.16. The van der Waals surface area contributed by atoms with Crippen molar-refractivity contribution in [3.05, 3.63) is 63.1 Å². The van der Waals surface area contributed by atoms with Gasteiger partial charge in [0.15, 0.2) is 0 Å². The number of hydrogen-bond acceptors (Lipinski definition) is 4. The number of hydrogen-bond donors (Lipinski definition) is 1. The van der Waals surface area contributed by atoms with Crippen molar-refractivity contribution in [1.82, 2.24) is 10.2 Å². The monoisotopic (exact) mass is 533 g/mol. The lowest BCUT2D eigenvalue weighted by Gasteiger charge is -2.29. The minimum absolute atomic E-state index is 0.0339. The molecule has 0 aliphatic carbocycles. The zero-order chi connectivity index (χ0) is 24.8. The van der Waals surface area contributed by atoms with Gasteiger partial charge in [-0.3, -0.25) is 13.9 Å². The second-order valence-corrected chi connectivity index (χ2v) is 10.6. The molecule has 33 heavy (non-hydrogen) atoms. The highest BCUT2D eigenvalue weighted by molar-refractivity contribution is 7.92. The van der Waals surface area contributed by atoms with Gasteiger partial charge >= 0.3 is 0 Å². The van der Waals surface area contributed by atoms with Crippen molar-refractivity contribution in [1.29, 1.82) is 0 Å². The van der Waals surface area contributed by atoms with E-state index in [0.717, 1.165) is 6.26 Å². The van der Waals surface area contributed by atoms with E-state index in [1.165, 1.54) is 16.3 Å². The minimum atomic E-state index is -3.57. The van der Waals surface area contributed by atoms with Gasteiger partial charge in [-0.1, -0.05) is 40.9 Å². The number of carbonyl (C=O) groups excluding carboxylic acids is 2. The van der Waals surface area contributed by atoms with Gasteiger partial charge in [0.1, 0.15) is 6.04 Å². The maximum absolute atomic E-state index is 13.1. The van der Waals surface area contributed by atoms with Gasteiger partial charge in [0.05, 0.1) is 11.9 Å². The smallest absolute Gasteiger partial charge is 0.242 e. The number of halogens is 3. The highest BCUT2D eigenvalue weighted by atomic mass is 35.5. The van der Waals surface area contributed by atoms with Gasteiger partial charge in [-0.05, 0) is 55.3 Å². The van der Waals surface area contributed by atoms with Crippen LogP contribution in [0.4, 0.5) is 5.69 Å². The summed E-state index contributed by atoms with van der Waals surface area (Å²) in [6.45, 7) is 1.82. The lowest BCUT2D eigenvalue weighted by Crippen LogP contribution is -2.46. The fourth-order valence-electron chi connectivity index (χ4n) is 3.24. The molecule has 1 N–H and O–H groups in total. The molecule has 7 nitrogen and oxygen atoms in total. The highest BCUT2D eigenvalue weighted by Crippen LogP contribution is 2.24. The van der Waals surface area contributed by atoms with Gasteiger partial charge in [0, 0.05) is 41.6 Å². The zero-order valence-corrected chi connectivity index (χ0v) is 21.6. The quantitative estimate of drug-likeness (QED) is 0.491. The summed E-state index contributed by atoms with van der Waals surface area (Å²) < 4.78 is 25.8. The van der Waals surface area contributed by atoms with Crippen LogP contribution >= 0.6 is 34.8 Å². The van der Waals surface area contributed by atoms with Crippen LogP contribution in [-0.4, -0.2) is 51.0 Å². The van der Waals surface area contributed by atoms with Gasteiger partial charge in [-0.2, -0.15) is 0 Å². The van der Waals surface area contributed by atoms with Crippen LogP contribution in [0.3, 0.4) is 0 Å². The molecule has 0 fully saturated rings. The summed E-state index contributed by atoms with van der Waals surface area (Å²) in [5.41, 5.74) is 1.10. The summed E-state index contributed by atoms with van der Waals surface area (Å²) in [7, 11) is -2.08. The lowest BCUT2D eigenvalue weighted by molar-refractivity contribution is -0.140. The van der Waals surface area contributed by atoms with E-state index in [9.17, 15) is 18.0 Å². The molecule has 0 saturated heterocycles. The fourth-order valence-corrected chi connectivity index (χ4v) is 4.80. The number of carbonyl (C=O) groups is 2. The summed E-state index contributed by atoms with van der Waals surface area (Å²) in [6, 6.07) is 10.6. The SMILES string of the molecule is CNC(=O)[C@H](C)N(Cc1ccc(Cl)cc1Cl)C(=O)CCCN(c1ccc(Cl)cc1)S(C)(=O)=O. The average Bonchev–Trinajstić information content (AvgIpc) is 2.75. The molecule has 0 bridgehead atoms. The molecule has 2 aromatic rings. The molecule has 0 aliphatic rings. The second-order valence-electron chi connectivity index (χ2n) is 7.46. The van der Waals surface area contributed by atoms with Crippen molar-refractivity contribution in [2.75, 3.05) is 24.2 Å². The molecule has 0 heterocycles. The maximum atomic E-state index is 13.1. The first-order valence-corrected chi connectivity index (χ1v) is 13.1. The third kappa shape index (κ3) is 7.78. The molecule has 0 spiro atoms. The van der Waals surface area contributed by atoms with Crippen molar-refractivity contribution in [3.63, 3.8) is 0 Å². The Labute approximate surface area is 209 Å². The van der Waals surface area contributed by atoms with Crippen molar-refractivity contribution >= 4 is 62.3 Å². The van der Waals surface area contributed by atoms with E-state index in [4.69, 9.17) is 34.8 Å². The number of anilines is 1. The number of rotatable bonds is 10. The first-order valence-electron chi connectivity index (χ1n) is 10.1. The Hall–Kier alpha value is -2.00. The number of benzene rings is 2. The minimum Gasteiger partial charge on any atom is -0.357 e. The Bertz CT molecular complexity index is 1090. The van der Waals surface area contributed by atoms with E-state index >= 15 is 0 Å². The number of sulfonamides is 1. The third-order valence-electron chi connectivity index (χ3n) is 5.04. The van der Waals surface area contributed by atoms with Gasteiger partial charge in [0.25, 0.3) is 0 Å². The lowest BCUT2D eigenvalue weighted by atomic mass is 10.1. The average molecular weight is 535 g/mol. The normalized spacial score (nSPS) is 12.2. The van der Waals surface area contributed by atoms with E-state index in [1.807, 2.05) is 0 Å². The molecule has 2 aromatic carbocycles. The van der Waals surface area contributed by atoms with Crippen molar-refractivity contribution in [3.8, 4) is 0 Å². The van der Waals surface area contributed by atoms with Crippen LogP contribution in [0.1, 0.15) is 25.3 Å². The summed E-state index contributed by atoms with van der Waals surface area (Å²) in [4.78, 5) is 26.8. The summed E-state index contributed by atoms with van der Waals surface area (Å²) in [6.07, 6.45) is 1.39. The van der Waals surface area contributed by atoms with Crippen molar-refractivity contribution in [2.24, 2.45) is 0 Å². The molecular formula is C22H26Cl3N3O4S. The standard InChI is InChI=1S/C22H26Cl3N3O4S/c1-15(22(30)26-2)27(14-16-6-7-18(24)13-20(16)25)21(29)5-4-12-28(33(3,31)32)19-10-8-17(23)9-11-19/h6-11,13,15H,4-5,12,14H2,1-3H3,(H,26,30)/t15-/m0/s1. The predicted molar refractivity (Wildman–Crippen MR) is 133 cm³/mol. The zero-order valence-electron chi connectivity index (χ0n) is 18.5. The van der Waals surface area contributed by atoms with E-state index < -0.39 is 16.1 Å². The van der Waals surface area contributed by atoms with E-state index in [0.29, 0.717) is 26.3 Å². The molecule has 1 atom stereocenters. The molecule has 2 rings (SSSR count). The second kappa shape index (κ2) is 11.9. The van der Waals surface area contributed by atoms with Crippen molar-refractivity contribution in [2.45, 2.75) is 32.4 Å². The Morgan fingerprint density at radius 2 is 1.64 bits per heavy atom. The van der Waals surface area contributed by atoms with Gasteiger partial charge in [-0.25, -0.2) is 8.42 Å². The molecule has 2 amide bonds. The van der Waals surface area contributed by atoms with Crippen LogP contribution in [0, 0.1) is 0 Å². The highest BCUT2D eigenvalue weighted by Gasteiger charge is 2.26. The molecule has 0 saturated carbocycles. The predicted octanol–water partition coefficient (Wildman–Crippen LogP) is 4.36. The molecule has 0 radical (unpaired) electrons. The van der Waals surface area contributed by atoms with Crippen molar-refractivity contribution < 1.29 is 18.0 Å². The molecule has 11 heteroatoms. The Morgan fingerprint density at radius 3 is 2.18 bits per heavy atom. The van der Waals surface area contributed by atoms with Crippen LogP contribution < -0.4 is 9.62 Å². The first kappa shape index (κ1) is 27.2.